The normalized spacial score (nSPS) is 9.00. The molecule has 0 atom stereocenters. The lowest BCUT2D eigenvalue weighted by molar-refractivity contribution is 0.803. The van der Waals surface area contributed by atoms with Crippen molar-refractivity contribution in [3.8, 4) is 0 Å². The Balaban J connectivity index is 2.34. The molecule has 37 valence electrons. The maximum atomic E-state index is 2.95. The highest BCUT2D eigenvalue weighted by Crippen LogP contribution is 1.55. The van der Waals surface area contributed by atoms with Crippen molar-refractivity contribution in [2.45, 2.75) is 0 Å². The van der Waals surface area contributed by atoms with E-state index in [1.165, 1.54) is 0 Å². The van der Waals surface area contributed by atoms with Gasteiger partial charge in [-0.25, -0.2) is 0 Å². The lowest BCUT2D eigenvalue weighted by atomic mass is 10.6. The molecule has 2 nitrogen and oxygen atoms in total. The molecule has 0 aliphatic rings. The number of hydrogen-bond donors (Lipinski definition) is 2. The Bertz CT molecular complexity index is 17.5. The third-order valence-corrected chi connectivity index (χ3v) is 0.510. The molecule has 0 rings (SSSR count). The Kier molecular flexibility index (Phi) is 4.85. The van der Waals surface area contributed by atoms with E-state index in [1.807, 2.05) is 20.6 Å². The van der Waals surface area contributed by atoms with Gasteiger partial charge in [0.15, 0.2) is 0 Å². The first kappa shape index (κ1) is 5.92. The summed E-state index contributed by atoms with van der Waals surface area (Å²) >= 11 is 0. The Morgan fingerprint density at radius 2 is 2.17 bits per heavy atom. The standard InChI is InChI=1S/C4H11N2/c1-5-3-4-6-2/h3,5-6H,4H2,1-2H3. The molecule has 0 saturated carbocycles. The molecule has 2 N–H and O–H groups in total. The van der Waals surface area contributed by atoms with Crippen molar-refractivity contribution in [2.75, 3.05) is 20.6 Å². The van der Waals surface area contributed by atoms with Crippen LogP contribution in [0.15, 0.2) is 0 Å². The number of hydrogen-bond acceptors (Lipinski definition) is 2. The molecule has 0 aliphatic heterocycles. The van der Waals surface area contributed by atoms with Crippen molar-refractivity contribution in [1.29, 1.82) is 0 Å². The van der Waals surface area contributed by atoms with Crippen molar-refractivity contribution in [3.63, 3.8) is 0 Å². The van der Waals surface area contributed by atoms with Crippen LogP contribution in [0.5, 0.6) is 0 Å². The first-order valence-corrected chi connectivity index (χ1v) is 2.05. The Morgan fingerprint density at radius 3 is 2.33 bits per heavy atom. The van der Waals surface area contributed by atoms with Gasteiger partial charge in [-0.15, -0.1) is 0 Å². The minimum absolute atomic E-state index is 0.927. The smallest absolute Gasteiger partial charge is 0.0356 e. The van der Waals surface area contributed by atoms with E-state index >= 15 is 0 Å². The van der Waals surface area contributed by atoms with Gasteiger partial charge in [-0.1, -0.05) is 0 Å². The molecule has 0 amide bonds. The molecule has 2 heteroatoms. The van der Waals surface area contributed by atoms with E-state index < -0.39 is 0 Å². The van der Waals surface area contributed by atoms with Gasteiger partial charge in [0.25, 0.3) is 0 Å². The van der Waals surface area contributed by atoms with Crippen LogP contribution in [0.1, 0.15) is 0 Å². The molecule has 0 fully saturated rings. The minimum atomic E-state index is 0.927. The van der Waals surface area contributed by atoms with Gasteiger partial charge in [0, 0.05) is 13.1 Å². The fraction of sp³-hybridized carbons (Fsp3) is 0.750. The zero-order valence-electron chi connectivity index (χ0n) is 4.28. The van der Waals surface area contributed by atoms with Crippen molar-refractivity contribution < 1.29 is 0 Å². The predicted octanol–water partition coefficient (Wildman–Crippen LogP) is -0.413. The van der Waals surface area contributed by atoms with Crippen molar-refractivity contribution in [2.24, 2.45) is 0 Å². The third kappa shape index (κ3) is 3.92. The Morgan fingerprint density at radius 1 is 1.50 bits per heavy atom. The van der Waals surface area contributed by atoms with Gasteiger partial charge in [0.2, 0.25) is 0 Å². The first-order valence-electron chi connectivity index (χ1n) is 2.05. The summed E-state index contributed by atoms with van der Waals surface area (Å²) in [6.07, 6.45) is 0. The van der Waals surface area contributed by atoms with E-state index in [1.54, 1.807) is 0 Å². The summed E-state index contributed by atoms with van der Waals surface area (Å²) < 4.78 is 0. The molecule has 0 unspecified atom stereocenters. The van der Waals surface area contributed by atoms with Crippen LogP contribution in [0.4, 0.5) is 0 Å². The minimum Gasteiger partial charge on any atom is -0.318 e. The molecule has 1 radical (unpaired) electrons. The molecule has 0 spiro atoms. The fourth-order valence-electron chi connectivity index (χ4n) is 0.204. The molecular weight excluding hydrogens is 76.1 g/mol. The average Bonchev–Trinajstić information content (AvgIpc) is 1.61. The van der Waals surface area contributed by atoms with Gasteiger partial charge < -0.3 is 10.6 Å². The highest BCUT2D eigenvalue weighted by Gasteiger charge is 1.72. The van der Waals surface area contributed by atoms with Crippen LogP contribution < -0.4 is 10.6 Å². The van der Waals surface area contributed by atoms with Gasteiger partial charge in [0.05, 0.1) is 0 Å². The van der Waals surface area contributed by atoms with E-state index in [9.17, 15) is 0 Å². The summed E-state index contributed by atoms with van der Waals surface area (Å²) in [4.78, 5) is 0. The van der Waals surface area contributed by atoms with Crippen LogP contribution in [0.3, 0.4) is 0 Å². The average molecular weight is 87.1 g/mol. The third-order valence-electron chi connectivity index (χ3n) is 0.510. The van der Waals surface area contributed by atoms with Gasteiger partial charge >= 0.3 is 0 Å². The SMILES string of the molecule is CN[CH]CNC. The van der Waals surface area contributed by atoms with Crippen LogP contribution in [0.25, 0.3) is 0 Å². The lowest BCUT2D eigenvalue weighted by Crippen LogP contribution is -2.15. The Hall–Kier alpha value is -0.0800. The molecule has 0 saturated heterocycles. The number of nitrogens with one attached hydrogen (secondary N) is 2. The van der Waals surface area contributed by atoms with E-state index in [-0.39, 0.29) is 0 Å². The van der Waals surface area contributed by atoms with Crippen LogP contribution >= 0.6 is 0 Å². The summed E-state index contributed by atoms with van der Waals surface area (Å²) in [7, 11) is 3.80. The van der Waals surface area contributed by atoms with Gasteiger partial charge in [-0.3, -0.25) is 0 Å². The van der Waals surface area contributed by atoms with Gasteiger partial charge in [0.1, 0.15) is 0 Å². The second-order valence-corrected chi connectivity index (χ2v) is 1.05. The molecule has 0 aromatic rings. The van der Waals surface area contributed by atoms with E-state index in [2.05, 4.69) is 10.6 Å². The highest BCUT2D eigenvalue weighted by molar-refractivity contribution is 4.57. The van der Waals surface area contributed by atoms with Crippen LogP contribution in [-0.2, 0) is 0 Å². The van der Waals surface area contributed by atoms with E-state index in [0.29, 0.717) is 0 Å². The monoisotopic (exact) mass is 87.1 g/mol. The zero-order chi connectivity index (χ0) is 4.83. The summed E-state index contributed by atoms with van der Waals surface area (Å²) in [5, 5.41) is 5.83. The molecule has 0 heterocycles. The van der Waals surface area contributed by atoms with Crippen LogP contribution in [-0.4, -0.2) is 20.6 Å². The molecule has 0 bridgehead atoms. The summed E-state index contributed by atoms with van der Waals surface area (Å²) in [5.41, 5.74) is 0. The van der Waals surface area contributed by atoms with Crippen molar-refractivity contribution >= 4 is 0 Å². The van der Waals surface area contributed by atoms with Crippen LogP contribution in [0, 0.1) is 6.54 Å². The molecule has 0 aromatic carbocycles. The molecule has 0 aliphatic carbocycles. The molecular formula is C4H11N2. The van der Waals surface area contributed by atoms with E-state index in [4.69, 9.17) is 0 Å². The lowest BCUT2D eigenvalue weighted by Gasteiger charge is -1.91. The quantitative estimate of drug-likeness (QED) is 0.457. The summed E-state index contributed by atoms with van der Waals surface area (Å²) in [6.45, 7) is 2.87. The molecule has 6 heavy (non-hydrogen) atoms. The van der Waals surface area contributed by atoms with Gasteiger partial charge in [-0.05, 0) is 14.1 Å². The van der Waals surface area contributed by atoms with E-state index in [0.717, 1.165) is 6.54 Å². The summed E-state index contributed by atoms with van der Waals surface area (Å²) in [6, 6.07) is 0. The maximum Gasteiger partial charge on any atom is 0.0356 e. The van der Waals surface area contributed by atoms with Crippen molar-refractivity contribution in [3.05, 3.63) is 6.54 Å². The first-order chi connectivity index (χ1) is 2.91. The summed E-state index contributed by atoms with van der Waals surface area (Å²) in [5.74, 6) is 0. The second-order valence-electron chi connectivity index (χ2n) is 1.05. The fourth-order valence-corrected chi connectivity index (χ4v) is 0.204. The number of rotatable bonds is 3. The number of likely N-dealkylation sites (N-methyl/N-ethyl adjacent to an activating group) is 2. The van der Waals surface area contributed by atoms with Gasteiger partial charge in [-0.2, -0.15) is 0 Å². The van der Waals surface area contributed by atoms with Crippen LogP contribution in [0.2, 0.25) is 0 Å². The maximum absolute atomic E-state index is 2.95. The van der Waals surface area contributed by atoms with Crippen molar-refractivity contribution in [1.82, 2.24) is 10.6 Å². The largest absolute Gasteiger partial charge is 0.318 e. The predicted molar refractivity (Wildman–Crippen MR) is 27.3 cm³/mol. The topological polar surface area (TPSA) is 24.1 Å². The zero-order valence-corrected chi connectivity index (χ0v) is 4.28. The highest BCUT2D eigenvalue weighted by atomic mass is 14.9. The Labute approximate surface area is 38.9 Å². The molecule has 0 aromatic heterocycles. The second kappa shape index (κ2) is 4.92.